The van der Waals surface area contributed by atoms with E-state index in [9.17, 15) is 13.6 Å². The molecule has 98 valence electrons. The highest BCUT2D eigenvalue weighted by atomic mass is 32.1. The SMILES string of the molecule is NC(=O)C(S)(c1ccccc1)c1ccc(F)c(F)c1. The van der Waals surface area contributed by atoms with Gasteiger partial charge < -0.3 is 5.73 Å². The van der Waals surface area contributed by atoms with Gasteiger partial charge in [0.05, 0.1) is 0 Å². The molecule has 1 amide bonds. The van der Waals surface area contributed by atoms with Crippen LogP contribution in [0.25, 0.3) is 0 Å². The molecule has 0 saturated carbocycles. The molecule has 0 saturated heterocycles. The molecule has 0 aliphatic heterocycles. The fourth-order valence-electron chi connectivity index (χ4n) is 1.85. The van der Waals surface area contributed by atoms with E-state index < -0.39 is 22.3 Å². The van der Waals surface area contributed by atoms with Crippen LogP contribution in [0.5, 0.6) is 0 Å². The molecule has 0 aliphatic rings. The summed E-state index contributed by atoms with van der Waals surface area (Å²) in [5.74, 6) is -2.79. The van der Waals surface area contributed by atoms with Crippen molar-refractivity contribution in [2.45, 2.75) is 4.75 Å². The van der Waals surface area contributed by atoms with Gasteiger partial charge in [-0.2, -0.15) is 12.6 Å². The molecular weight excluding hydrogens is 268 g/mol. The summed E-state index contributed by atoms with van der Waals surface area (Å²) < 4.78 is 24.8. The predicted molar refractivity (Wildman–Crippen MR) is 71.8 cm³/mol. The number of primary amides is 1. The van der Waals surface area contributed by atoms with Crippen LogP contribution >= 0.6 is 12.6 Å². The van der Waals surface area contributed by atoms with Crippen molar-refractivity contribution in [3.05, 3.63) is 71.3 Å². The van der Waals surface area contributed by atoms with Crippen molar-refractivity contribution in [1.29, 1.82) is 0 Å². The summed E-state index contributed by atoms with van der Waals surface area (Å²) in [4.78, 5) is 11.7. The molecule has 0 bridgehead atoms. The van der Waals surface area contributed by atoms with Crippen molar-refractivity contribution >= 4 is 18.5 Å². The zero-order valence-electron chi connectivity index (χ0n) is 9.81. The average Bonchev–Trinajstić information content (AvgIpc) is 2.41. The lowest BCUT2D eigenvalue weighted by molar-refractivity contribution is -0.119. The maximum atomic E-state index is 13.3. The third-order valence-electron chi connectivity index (χ3n) is 2.89. The van der Waals surface area contributed by atoms with E-state index in [1.807, 2.05) is 0 Å². The average molecular weight is 279 g/mol. The second-order valence-electron chi connectivity index (χ2n) is 4.07. The first kappa shape index (κ1) is 13.5. The molecular formula is C14H11F2NOS. The third-order valence-corrected chi connectivity index (χ3v) is 3.62. The van der Waals surface area contributed by atoms with Crippen molar-refractivity contribution in [2.24, 2.45) is 5.73 Å². The molecule has 2 rings (SSSR count). The lowest BCUT2D eigenvalue weighted by atomic mass is 9.89. The summed E-state index contributed by atoms with van der Waals surface area (Å²) in [7, 11) is 0. The van der Waals surface area contributed by atoms with Gasteiger partial charge >= 0.3 is 0 Å². The molecule has 0 fully saturated rings. The number of thiol groups is 1. The monoisotopic (exact) mass is 279 g/mol. The van der Waals surface area contributed by atoms with Gasteiger partial charge in [-0.05, 0) is 23.3 Å². The molecule has 2 nitrogen and oxygen atoms in total. The smallest absolute Gasteiger partial charge is 0.242 e. The van der Waals surface area contributed by atoms with Gasteiger partial charge in [0.1, 0.15) is 4.75 Å². The lowest BCUT2D eigenvalue weighted by Crippen LogP contribution is -2.37. The highest BCUT2D eigenvalue weighted by Crippen LogP contribution is 2.36. The summed E-state index contributed by atoms with van der Waals surface area (Å²) in [6, 6.07) is 11.7. The van der Waals surface area contributed by atoms with Gasteiger partial charge in [0.15, 0.2) is 11.6 Å². The highest BCUT2D eigenvalue weighted by Gasteiger charge is 2.37. The standard InChI is InChI=1S/C14H11F2NOS/c15-11-7-6-10(8-12(11)16)14(19,13(17)18)9-4-2-1-3-5-9/h1-8,19H,(H2,17,18). The molecule has 0 spiro atoms. The molecule has 0 radical (unpaired) electrons. The first-order valence-electron chi connectivity index (χ1n) is 5.49. The van der Waals surface area contributed by atoms with Gasteiger partial charge in [-0.15, -0.1) is 0 Å². The lowest BCUT2D eigenvalue weighted by Gasteiger charge is -2.26. The Bertz CT molecular complexity index is 618. The third kappa shape index (κ3) is 2.33. The number of carbonyl (C=O) groups excluding carboxylic acids is 1. The van der Waals surface area contributed by atoms with E-state index in [1.165, 1.54) is 6.07 Å². The van der Waals surface area contributed by atoms with Gasteiger partial charge in [-0.25, -0.2) is 8.78 Å². The molecule has 2 aromatic carbocycles. The van der Waals surface area contributed by atoms with E-state index in [-0.39, 0.29) is 5.56 Å². The Hall–Kier alpha value is -1.88. The molecule has 1 unspecified atom stereocenters. The molecule has 0 aliphatic carbocycles. The van der Waals surface area contributed by atoms with Crippen LogP contribution in [0.4, 0.5) is 8.78 Å². The number of rotatable bonds is 3. The fourth-order valence-corrected chi connectivity index (χ4v) is 2.14. The van der Waals surface area contributed by atoms with E-state index in [4.69, 9.17) is 5.73 Å². The van der Waals surface area contributed by atoms with E-state index >= 15 is 0 Å². The van der Waals surface area contributed by atoms with Gasteiger partial charge in [0, 0.05) is 0 Å². The van der Waals surface area contributed by atoms with Gasteiger partial charge in [-0.1, -0.05) is 36.4 Å². The topological polar surface area (TPSA) is 43.1 Å². The zero-order chi connectivity index (χ0) is 14.0. The van der Waals surface area contributed by atoms with Crippen LogP contribution in [-0.2, 0) is 9.54 Å². The highest BCUT2D eigenvalue weighted by molar-refractivity contribution is 7.82. The minimum atomic E-state index is -1.50. The van der Waals surface area contributed by atoms with Gasteiger partial charge in [-0.3, -0.25) is 4.79 Å². The van der Waals surface area contributed by atoms with Gasteiger partial charge in [0.2, 0.25) is 5.91 Å². The molecule has 1 atom stereocenters. The van der Waals surface area contributed by atoms with E-state index in [0.29, 0.717) is 5.56 Å². The van der Waals surface area contributed by atoms with Crippen LogP contribution in [0, 0.1) is 11.6 Å². The van der Waals surface area contributed by atoms with Crippen LogP contribution in [0.15, 0.2) is 48.5 Å². The van der Waals surface area contributed by atoms with Gasteiger partial charge in [0.25, 0.3) is 0 Å². The number of hydrogen-bond acceptors (Lipinski definition) is 2. The minimum Gasteiger partial charge on any atom is -0.368 e. The van der Waals surface area contributed by atoms with Crippen LogP contribution in [0.3, 0.4) is 0 Å². The number of carbonyl (C=O) groups is 1. The Morgan fingerprint density at radius 1 is 1.00 bits per heavy atom. The summed E-state index contributed by atoms with van der Waals surface area (Å²) in [6.45, 7) is 0. The maximum absolute atomic E-state index is 13.3. The quantitative estimate of drug-likeness (QED) is 0.833. The molecule has 2 N–H and O–H groups in total. The molecule has 0 heterocycles. The number of nitrogens with two attached hydrogens (primary N) is 1. The van der Waals surface area contributed by atoms with E-state index in [2.05, 4.69) is 12.6 Å². The maximum Gasteiger partial charge on any atom is 0.242 e. The van der Waals surface area contributed by atoms with Crippen LogP contribution in [0.2, 0.25) is 0 Å². The minimum absolute atomic E-state index is 0.188. The van der Waals surface area contributed by atoms with Crippen molar-refractivity contribution in [3.8, 4) is 0 Å². The Kier molecular flexibility index (Phi) is 3.57. The second kappa shape index (κ2) is 5.01. The number of hydrogen-bond donors (Lipinski definition) is 2. The van der Waals surface area contributed by atoms with Crippen molar-refractivity contribution < 1.29 is 13.6 Å². The summed E-state index contributed by atoms with van der Waals surface area (Å²) in [5.41, 5.74) is 6.08. The molecule has 19 heavy (non-hydrogen) atoms. The number of halogens is 2. The fraction of sp³-hybridized carbons (Fsp3) is 0.0714. The molecule has 0 aromatic heterocycles. The van der Waals surface area contributed by atoms with Crippen LogP contribution in [-0.4, -0.2) is 5.91 Å². The largest absolute Gasteiger partial charge is 0.368 e. The Balaban J connectivity index is 2.63. The molecule has 2 aromatic rings. The normalized spacial score (nSPS) is 13.8. The van der Waals surface area contributed by atoms with E-state index in [0.717, 1.165) is 12.1 Å². The number of amides is 1. The predicted octanol–water partition coefficient (Wildman–Crippen LogP) is 2.62. The summed E-state index contributed by atoms with van der Waals surface area (Å²) in [5, 5.41) is 0. The van der Waals surface area contributed by atoms with Crippen molar-refractivity contribution in [1.82, 2.24) is 0 Å². The first-order chi connectivity index (χ1) is 8.96. The van der Waals surface area contributed by atoms with Crippen molar-refractivity contribution in [3.63, 3.8) is 0 Å². The van der Waals surface area contributed by atoms with Crippen LogP contribution in [0.1, 0.15) is 11.1 Å². The first-order valence-corrected chi connectivity index (χ1v) is 5.94. The van der Waals surface area contributed by atoms with Crippen molar-refractivity contribution in [2.75, 3.05) is 0 Å². The molecule has 5 heteroatoms. The summed E-state index contributed by atoms with van der Waals surface area (Å²) in [6.07, 6.45) is 0. The number of benzene rings is 2. The second-order valence-corrected chi connectivity index (χ2v) is 4.74. The summed E-state index contributed by atoms with van der Waals surface area (Å²) >= 11 is 4.31. The Morgan fingerprint density at radius 3 is 2.16 bits per heavy atom. The Morgan fingerprint density at radius 2 is 1.63 bits per heavy atom. The Labute approximate surface area is 114 Å². The van der Waals surface area contributed by atoms with E-state index in [1.54, 1.807) is 30.3 Å². The zero-order valence-corrected chi connectivity index (χ0v) is 10.7. The van der Waals surface area contributed by atoms with Crippen LogP contribution < -0.4 is 5.73 Å².